The first-order chi connectivity index (χ1) is 15.8. The molecule has 1 unspecified atom stereocenters. The summed E-state index contributed by atoms with van der Waals surface area (Å²) in [5.74, 6) is -1.11. The quantitative estimate of drug-likeness (QED) is 0.502. The molecular formula is C23H23ClF3N3O4. The van der Waals surface area contributed by atoms with Crippen molar-refractivity contribution >= 4 is 29.3 Å². The number of alkyl halides is 3. The van der Waals surface area contributed by atoms with E-state index < -0.39 is 35.4 Å². The van der Waals surface area contributed by atoms with Gasteiger partial charge in [-0.15, -0.1) is 0 Å². The molecule has 0 fully saturated rings. The van der Waals surface area contributed by atoms with E-state index in [1.54, 1.807) is 24.3 Å². The van der Waals surface area contributed by atoms with Gasteiger partial charge in [0.05, 0.1) is 17.5 Å². The number of carboxylic acids is 1. The van der Waals surface area contributed by atoms with E-state index in [0.717, 1.165) is 17.0 Å². The van der Waals surface area contributed by atoms with Gasteiger partial charge in [-0.25, -0.2) is 4.79 Å². The van der Waals surface area contributed by atoms with E-state index in [1.807, 2.05) is 0 Å². The number of benzene rings is 2. The molecule has 11 heteroatoms. The minimum absolute atomic E-state index is 0.00941. The molecule has 0 aliphatic carbocycles. The number of aliphatic hydroxyl groups excluding tert-OH is 1. The number of nitrogens with zero attached hydrogens (tertiary/aromatic N) is 2. The molecule has 1 aliphatic rings. The summed E-state index contributed by atoms with van der Waals surface area (Å²) >= 11 is 5.92. The maximum atomic E-state index is 13.3. The van der Waals surface area contributed by atoms with E-state index in [9.17, 15) is 33.0 Å². The largest absolute Gasteiger partial charge is 0.481 e. The molecule has 0 bridgehead atoms. The van der Waals surface area contributed by atoms with Gasteiger partial charge in [-0.2, -0.15) is 13.2 Å². The zero-order chi connectivity index (χ0) is 25.3. The van der Waals surface area contributed by atoms with Gasteiger partial charge in [0.2, 0.25) is 0 Å². The molecular weight excluding hydrogens is 475 g/mol. The second-order valence-electron chi connectivity index (χ2n) is 8.48. The second kappa shape index (κ2) is 9.55. The molecule has 2 amide bonds. The predicted molar refractivity (Wildman–Crippen MR) is 120 cm³/mol. The summed E-state index contributed by atoms with van der Waals surface area (Å²) in [7, 11) is 0. The average molecular weight is 498 g/mol. The standard InChI is InChI=1S/C23H23ClF3N3O4/c1-22(2,20(32)33)13-30-19(31)11-18(28-17-5-3-4-15(10-17)23(25,26)27)29(21(30)34)12-14-6-8-16(24)9-7-14/h3-11,19,28,31H,12-13H2,1-2H3,(H,32,33). The summed E-state index contributed by atoms with van der Waals surface area (Å²) < 4.78 is 39.4. The molecule has 0 saturated carbocycles. The highest BCUT2D eigenvalue weighted by atomic mass is 35.5. The number of urea groups is 1. The van der Waals surface area contributed by atoms with Crippen LogP contribution >= 0.6 is 11.6 Å². The number of hydrogen-bond donors (Lipinski definition) is 3. The zero-order valence-corrected chi connectivity index (χ0v) is 19.1. The van der Waals surface area contributed by atoms with Crippen molar-refractivity contribution in [3.8, 4) is 0 Å². The molecule has 0 radical (unpaired) electrons. The average Bonchev–Trinajstić information content (AvgIpc) is 2.75. The van der Waals surface area contributed by atoms with E-state index >= 15 is 0 Å². The van der Waals surface area contributed by atoms with Gasteiger partial charge in [0, 0.05) is 23.3 Å². The number of hydrogen-bond acceptors (Lipinski definition) is 4. The summed E-state index contributed by atoms with van der Waals surface area (Å²) in [6.07, 6.45) is -4.81. The highest BCUT2D eigenvalue weighted by Crippen LogP contribution is 2.32. The zero-order valence-electron chi connectivity index (χ0n) is 18.3. The first-order valence-electron chi connectivity index (χ1n) is 10.2. The molecule has 7 nitrogen and oxygen atoms in total. The highest BCUT2D eigenvalue weighted by Gasteiger charge is 2.39. The van der Waals surface area contributed by atoms with Crippen LogP contribution in [-0.2, 0) is 17.5 Å². The fraction of sp³-hybridized carbons (Fsp3) is 0.304. The number of amides is 2. The Bertz CT molecular complexity index is 1100. The van der Waals surface area contributed by atoms with Crippen molar-refractivity contribution < 1.29 is 33.0 Å². The van der Waals surface area contributed by atoms with Crippen LogP contribution in [0, 0.1) is 5.41 Å². The Hall–Kier alpha value is -3.24. The number of anilines is 1. The number of carbonyl (C=O) groups excluding carboxylic acids is 1. The summed E-state index contributed by atoms with van der Waals surface area (Å²) in [5, 5.41) is 23.3. The number of halogens is 4. The molecule has 2 aromatic carbocycles. The Morgan fingerprint density at radius 3 is 2.38 bits per heavy atom. The molecule has 3 rings (SSSR count). The predicted octanol–water partition coefficient (Wildman–Crippen LogP) is 4.98. The summed E-state index contributed by atoms with van der Waals surface area (Å²) in [5.41, 5.74) is -1.53. The summed E-state index contributed by atoms with van der Waals surface area (Å²) in [6, 6.07) is 10.3. The Balaban J connectivity index is 1.97. The summed E-state index contributed by atoms with van der Waals surface area (Å²) in [4.78, 5) is 27.1. The molecule has 34 heavy (non-hydrogen) atoms. The number of carbonyl (C=O) groups is 2. The van der Waals surface area contributed by atoms with Crippen molar-refractivity contribution in [1.82, 2.24) is 9.80 Å². The smallest absolute Gasteiger partial charge is 0.416 e. The van der Waals surface area contributed by atoms with Gasteiger partial charge in [-0.3, -0.25) is 14.6 Å². The van der Waals surface area contributed by atoms with Crippen molar-refractivity contribution in [2.24, 2.45) is 5.41 Å². The van der Waals surface area contributed by atoms with Crippen LogP contribution in [-0.4, -0.2) is 44.8 Å². The Morgan fingerprint density at radius 2 is 1.79 bits per heavy atom. The van der Waals surface area contributed by atoms with Gasteiger partial charge in [0.25, 0.3) is 0 Å². The minimum Gasteiger partial charge on any atom is -0.481 e. The highest BCUT2D eigenvalue weighted by molar-refractivity contribution is 6.30. The van der Waals surface area contributed by atoms with Crippen LogP contribution in [0.5, 0.6) is 0 Å². The number of carboxylic acid groups (broad SMARTS) is 1. The number of aliphatic hydroxyl groups is 1. The molecule has 0 saturated heterocycles. The summed E-state index contributed by atoms with van der Waals surface area (Å²) in [6.45, 7) is 2.52. The van der Waals surface area contributed by atoms with E-state index in [-0.39, 0.29) is 24.6 Å². The van der Waals surface area contributed by atoms with Crippen LogP contribution in [0.15, 0.2) is 60.4 Å². The van der Waals surface area contributed by atoms with E-state index in [2.05, 4.69) is 5.32 Å². The lowest BCUT2D eigenvalue weighted by Gasteiger charge is -2.41. The fourth-order valence-corrected chi connectivity index (χ4v) is 3.43. The van der Waals surface area contributed by atoms with Gasteiger partial charge in [-0.05, 0) is 49.7 Å². The molecule has 3 N–H and O–H groups in total. The molecule has 1 aliphatic heterocycles. The van der Waals surface area contributed by atoms with Gasteiger partial charge in [-0.1, -0.05) is 29.8 Å². The lowest BCUT2D eigenvalue weighted by Crippen LogP contribution is -2.55. The third-order valence-electron chi connectivity index (χ3n) is 5.25. The maximum absolute atomic E-state index is 13.3. The molecule has 1 heterocycles. The minimum atomic E-state index is -4.56. The van der Waals surface area contributed by atoms with Crippen molar-refractivity contribution in [2.75, 3.05) is 11.9 Å². The van der Waals surface area contributed by atoms with Crippen molar-refractivity contribution in [1.29, 1.82) is 0 Å². The molecule has 182 valence electrons. The topological polar surface area (TPSA) is 93.1 Å². The van der Waals surface area contributed by atoms with Crippen molar-refractivity contribution in [2.45, 2.75) is 32.8 Å². The third-order valence-corrected chi connectivity index (χ3v) is 5.51. The number of aliphatic carboxylic acids is 1. The van der Waals surface area contributed by atoms with E-state index in [0.29, 0.717) is 10.6 Å². The van der Waals surface area contributed by atoms with E-state index in [1.165, 1.54) is 37.0 Å². The van der Waals surface area contributed by atoms with Crippen molar-refractivity contribution in [3.63, 3.8) is 0 Å². The molecule has 0 spiro atoms. The first-order valence-corrected chi connectivity index (χ1v) is 10.6. The van der Waals surface area contributed by atoms with Gasteiger partial charge in [0.15, 0.2) is 6.23 Å². The fourth-order valence-electron chi connectivity index (χ4n) is 3.30. The number of nitrogens with one attached hydrogen (secondary N) is 1. The van der Waals surface area contributed by atoms with Crippen LogP contribution in [0.2, 0.25) is 5.02 Å². The van der Waals surface area contributed by atoms with E-state index in [4.69, 9.17) is 11.6 Å². The first kappa shape index (κ1) is 25.4. The van der Waals surface area contributed by atoms with Crippen LogP contribution in [0.4, 0.5) is 23.7 Å². The Morgan fingerprint density at radius 1 is 1.15 bits per heavy atom. The lowest BCUT2D eigenvalue weighted by molar-refractivity contribution is -0.148. The molecule has 2 aromatic rings. The SMILES string of the molecule is CC(C)(CN1C(=O)N(Cc2ccc(Cl)cc2)C(Nc2cccc(C(F)(F)F)c2)=CC1O)C(=O)O. The van der Waals surface area contributed by atoms with Gasteiger partial charge in [0.1, 0.15) is 5.82 Å². The van der Waals surface area contributed by atoms with Gasteiger partial charge < -0.3 is 15.5 Å². The third kappa shape index (κ3) is 5.81. The monoisotopic (exact) mass is 497 g/mol. The lowest BCUT2D eigenvalue weighted by atomic mass is 9.93. The second-order valence-corrected chi connectivity index (χ2v) is 8.92. The Kier molecular flexibility index (Phi) is 7.13. The maximum Gasteiger partial charge on any atom is 0.416 e. The van der Waals surface area contributed by atoms with Gasteiger partial charge >= 0.3 is 18.2 Å². The van der Waals surface area contributed by atoms with Crippen molar-refractivity contribution in [3.05, 3.63) is 76.6 Å². The molecule has 0 aromatic heterocycles. The Labute approximate surface area is 199 Å². The number of rotatable bonds is 7. The normalized spacial score (nSPS) is 17.0. The molecule has 1 atom stereocenters. The van der Waals surface area contributed by atoms with Crippen LogP contribution < -0.4 is 5.32 Å². The van der Waals surface area contributed by atoms with Crippen LogP contribution in [0.25, 0.3) is 0 Å². The van der Waals surface area contributed by atoms with Crippen LogP contribution in [0.3, 0.4) is 0 Å². The van der Waals surface area contributed by atoms with Crippen LogP contribution in [0.1, 0.15) is 25.0 Å².